The Morgan fingerprint density at radius 1 is 1.17 bits per heavy atom. The zero-order valence-electron chi connectivity index (χ0n) is 13.2. The highest BCUT2D eigenvalue weighted by Crippen LogP contribution is 2.32. The van der Waals surface area contributed by atoms with Crippen molar-refractivity contribution >= 4 is 16.5 Å². The van der Waals surface area contributed by atoms with E-state index >= 15 is 0 Å². The lowest BCUT2D eigenvalue weighted by atomic mass is 10.2. The second-order valence-corrected chi connectivity index (χ2v) is 7.29. The summed E-state index contributed by atoms with van der Waals surface area (Å²) in [6.07, 6.45) is 8.45. The summed E-state index contributed by atoms with van der Waals surface area (Å²) in [4.78, 5) is 15.0. The summed E-state index contributed by atoms with van der Waals surface area (Å²) in [5.41, 5.74) is 1.34. The third-order valence-electron chi connectivity index (χ3n) is 4.38. The number of aromatic nitrogens is 2. The first-order chi connectivity index (χ1) is 11.4. The minimum atomic E-state index is 0.733. The van der Waals surface area contributed by atoms with E-state index in [1.807, 2.05) is 23.7 Å². The fraction of sp³-hybridized carbons (Fsp3) is 0.529. The van der Waals surface area contributed by atoms with E-state index in [4.69, 9.17) is 4.74 Å². The van der Waals surface area contributed by atoms with Crippen LogP contribution >= 0.6 is 11.3 Å². The summed E-state index contributed by atoms with van der Waals surface area (Å²) in [5, 5.41) is 1.14. The van der Waals surface area contributed by atoms with E-state index in [9.17, 15) is 0 Å². The van der Waals surface area contributed by atoms with Crippen LogP contribution in [0, 0.1) is 0 Å². The van der Waals surface area contributed by atoms with Crippen LogP contribution < -0.4 is 4.90 Å². The number of ether oxygens (including phenoxy) is 1. The number of nitrogens with zero attached hydrogens (tertiary/aromatic N) is 4. The Kier molecular flexibility index (Phi) is 4.55. The molecule has 3 heterocycles. The Morgan fingerprint density at radius 2 is 1.96 bits per heavy atom. The van der Waals surface area contributed by atoms with Gasteiger partial charge in [0.25, 0.3) is 0 Å². The molecule has 1 saturated heterocycles. The van der Waals surface area contributed by atoms with E-state index in [1.165, 1.54) is 23.3 Å². The molecule has 0 aromatic carbocycles. The van der Waals surface area contributed by atoms with Crippen LogP contribution in [-0.2, 0) is 17.8 Å². The maximum atomic E-state index is 5.42. The topological polar surface area (TPSA) is 41.5 Å². The van der Waals surface area contributed by atoms with Crippen molar-refractivity contribution in [2.45, 2.75) is 32.0 Å². The molecule has 0 amide bonds. The van der Waals surface area contributed by atoms with Crippen LogP contribution in [0.5, 0.6) is 0 Å². The van der Waals surface area contributed by atoms with Crippen molar-refractivity contribution in [2.75, 3.05) is 31.2 Å². The molecule has 2 aliphatic rings. The average molecular weight is 330 g/mol. The smallest absolute Gasteiger partial charge is 0.185 e. The number of pyridine rings is 1. The van der Waals surface area contributed by atoms with E-state index in [0.29, 0.717) is 0 Å². The molecular weight excluding hydrogens is 308 g/mol. The molecule has 0 radical (unpaired) electrons. The first-order valence-electron chi connectivity index (χ1n) is 8.29. The second kappa shape index (κ2) is 6.95. The lowest BCUT2D eigenvalue weighted by Gasteiger charge is -2.26. The maximum absolute atomic E-state index is 5.42. The maximum Gasteiger partial charge on any atom is 0.185 e. The van der Waals surface area contributed by atoms with Crippen LogP contribution in [0.15, 0.2) is 30.7 Å². The zero-order valence-corrected chi connectivity index (χ0v) is 14.0. The lowest BCUT2D eigenvalue weighted by molar-refractivity contribution is 0.122. The molecule has 2 aromatic heterocycles. The summed E-state index contributed by atoms with van der Waals surface area (Å²) in [6.45, 7) is 5.52. The molecule has 0 atom stereocenters. The molecule has 4 rings (SSSR count). The van der Waals surface area contributed by atoms with Gasteiger partial charge in [0.2, 0.25) is 0 Å². The molecule has 0 bridgehead atoms. The van der Waals surface area contributed by atoms with Crippen LogP contribution in [0.4, 0.5) is 5.13 Å². The molecule has 5 nitrogen and oxygen atoms in total. The first-order valence-corrected chi connectivity index (χ1v) is 9.10. The van der Waals surface area contributed by atoms with Crippen molar-refractivity contribution < 1.29 is 4.74 Å². The van der Waals surface area contributed by atoms with Gasteiger partial charge in [-0.2, -0.15) is 0 Å². The van der Waals surface area contributed by atoms with Crippen LogP contribution in [-0.4, -0.2) is 47.2 Å². The Bertz CT molecular complexity index is 623. The van der Waals surface area contributed by atoms with E-state index in [1.54, 1.807) is 0 Å². The molecule has 1 saturated carbocycles. The van der Waals surface area contributed by atoms with Crippen LogP contribution in [0.2, 0.25) is 0 Å². The van der Waals surface area contributed by atoms with Crippen molar-refractivity contribution in [1.29, 1.82) is 0 Å². The molecule has 1 aliphatic carbocycles. The first kappa shape index (κ1) is 15.1. The number of hydrogen-bond acceptors (Lipinski definition) is 6. The Labute approximate surface area is 140 Å². The van der Waals surface area contributed by atoms with Gasteiger partial charge in [0.05, 0.1) is 13.2 Å². The summed E-state index contributed by atoms with van der Waals surface area (Å²) < 4.78 is 5.42. The molecule has 1 aliphatic heterocycles. The van der Waals surface area contributed by atoms with Gasteiger partial charge >= 0.3 is 0 Å². The van der Waals surface area contributed by atoms with Crippen molar-refractivity contribution in [3.63, 3.8) is 0 Å². The quantitative estimate of drug-likeness (QED) is 0.814. The Balaban J connectivity index is 1.42. The van der Waals surface area contributed by atoms with Crippen molar-refractivity contribution in [3.05, 3.63) is 41.2 Å². The fourth-order valence-corrected chi connectivity index (χ4v) is 3.94. The van der Waals surface area contributed by atoms with Crippen molar-refractivity contribution in [3.8, 4) is 0 Å². The third kappa shape index (κ3) is 3.88. The van der Waals surface area contributed by atoms with Crippen LogP contribution in [0.1, 0.15) is 23.3 Å². The standard InChI is InChI=1S/C17H22N4OS/c1-2-15(1)21(12-14-3-5-18-6-4-14)13-16-11-19-17(23-16)20-7-9-22-10-8-20/h3-6,11,15H,1-2,7-10,12-13H2. The van der Waals surface area contributed by atoms with Crippen LogP contribution in [0.25, 0.3) is 0 Å². The molecule has 2 fully saturated rings. The molecule has 2 aromatic rings. The van der Waals surface area contributed by atoms with E-state index < -0.39 is 0 Å². The number of rotatable bonds is 6. The summed E-state index contributed by atoms with van der Waals surface area (Å²) in [5.74, 6) is 0. The van der Waals surface area contributed by atoms with Gasteiger partial charge in [-0.05, 0) is 30.5 Å². The van der Waals surface area contributed by atoms with E-state index in [2.05, 4.69) is 38.1 Å². The highest BCUT2D eigenvalue weighted by molar-refractivity contribution is 7.15. The van der Waals surface area contributed by atoms with Gasteiger partial charge in [-0.25, -0.2) is 4.98 Å². The summed E-state index contributed by atoms with van der Waals surface area (Å²) >= 11 is 1.83. The highest BCUT2D eigenvalue weighted by Gasteiger charge is 2.29. The largest absolute Gasteiger partial charge is 0.378 e. The monoisotopic (exact) mass is 330 g/mol. The van der Waals surface area contributed by atoms with E-state index in [-0.39, 0.29) is 0 Å². The number of hydrogen-bond donors (Lipinski definition) is 0. The molecule has 0 spiro atoms. The predicted octanol–water partition coefficient (Wildman–Crippen LogP) is 2.54. The molecule has 23 heavy (non-hydrogen) atoms. The van der Waals surface area contributed by atoms with Crippen LogP contribution in [0.3, 0.4) is 0 Å². The predicted molar refractivity (Wildman–Crippen MR) is 91.7 cm³/mol. The highest BCUT2D eigenvalue weighted by atomic mass is 32.1. The van der Waals surface area contributed by atoms with Gasteiger partial charge in [-0.1, -0.05) is 0 Å². The van der Waals surface area contributed by atoms with Gasteiger partial charge in [0.15, 0.2) is 5.13 Å². The molecule has 122 valence electrons. The number of morpholine rings is 1. The normalized spacial score (nSPS) is 18.6. The summed E-state index contributed by atoms with van der Waals surface area (Å²) in [7, 11) is 0. The minimum absolute atomic E-state index is 0.733. The van der Waals surface area contributed by atoms with Gasteiger partial charge in [0, 0.05) is 55.7 Å². The lowest BCUT2D eigenvalue weighted by Crippen LogP contribution is -2.36. The number of thiazole rings is 1. The molecule has 6 heteroatoms. The minimum Gasteiger partial charge on any atom is -0.378 e. The van der Waals surface area contributed by atoms with E-state index in [0.717, 1.165) is 50.6 Å². The average Bonchev–Trinajstić information content (AvgIpc) is 3.35. The SMILES string of the molecule is c1cc(CN(Cc2cnc(N3CCOCC3)s2)C2CC2)ccn1. The molecule has 0 N–H and O–H groups in total. The van der Waals surface area contributed by atoms with Gasteiger partial charge < -0.3 is 9.64 Å². The van der Waals surface area contributed by atoms with Gasteiger partial charge in [-0.3, -0.25) is 9.88 Å². The van der Waals surface area contributed by atoms with Crippen molar-refractivity contribution in [2.24, 2.45) is 0 Å². The summed E-state index contributed by atoms with van der Waals surface area (Å²) in [6, 6.07) is 4.96. The Hall–Kier alpha value is -1.50. The number of anilines is 1. The Morgan fingerprint density at radius 3 is 2.70 bits per heavy atom. The van der Waals surface area contributed by atoms with Gasteiger partial charge in [0.1, 0.15) is 0 Å². The zero-order chi connectivity index (χ0) is 15.5. The van der Waals surface area contributed by atoms with Crippen molar-refractivity contribution in [1.82, 2.24) is 14.9 Å². The second-order valence-electron chi connectivity index (χ2n) is 6.20. The molecule has 0 unspecified atom stereocenters. The van der Waals surface area contributed by atoms with Gasteiger partial charge in [-0.15, -0.1) is 11.3 Å². The third-order valence-corrected chi connectivity index (χ3v) is 5.42. The fourth-order valence-electron chi connectivity index (χ4n) is 2.95. The molecular formula is C17H22N4OS.